The number of urea groups is 1. The van der Waals surface area contributed by atoms with Crippen LogP contribution >= 0.6 is 11.8 Å². The molecule has 2 aliphatic rings. The number of rotatable bonds is 4. The first kappa shape index (κ1) is 23.0. The van der Waals surface area contributed by atoms with Crippen molar-refractivity contribution >= 4 is 35.3 Å². The fourth-order valence-electron chi connectivity index (χ4n) is 4.53. The maximum atomic E-state index is 14.5. The van der Waals surface area contributed by atoms with Gasteiger partial charge in [-0.3, -0.25) is 14.5 Å². The van der Waals surface area contributed by atoms with Crippen LogP contribution in [-0.2, 0) is 15.1 Å². The van der Waals surface area contributed by atoms with Gasteiger partial charge in [-0.1, -0.05) is 42.5 Å². The van der Waals surface area contributed by atoms with Gasteiger partial charge in [0.15, 0.2) is 0 Å². The van der Waals surface area contributed by atoms with Crippen molar-refractivity contribution < 1.29 is 23.2 Å². The van der Waals surface area contributed by atoms with Crippen molar-refractivity contribution in [2.24, 2.45) is 0 Å². The van der Waals surface area contributed by atoms with E-state index < -0.39 is 41.6 Å². The van der Waals surface area contributed by atoms with E-state index in [2.05, 4.69) is 5.32 Å². The summed E-state index contributed by atoms with van der Waals surface area (Å²) >= 11 is 1.63. The van der Waals surface area contributed by atoms with Crippen LogP contribution in [0.5, 0.6) is 0 Å². The standard InChI is InChI=1S/C26H21F2N3O3S/c1-26(18-13-17(27)11-12-19(18)28)24(33)30(25(34)29-26)14-23(32)31-20-9-5-6-10-22(20)35-15-21(31)16-7-3-2-4-8-16/h2-13,21H,14-15H2,1H3,(H,29,34)/t21-,26+/m1/s1. The molecular formula is C26H21F2N3O3S. The van der Waals surface area contributed by atoms with Gasteiger partial charge in [-0.2, -0.15) is 0 Å². The molecule has 0 aliphatic carbocycles. The van der Waals surface area contributed by atoms with E-state index in [1.807, 2.05) is 54.6 Å². The Morgan fingerprint density at radius 3 is 2.54 bits per heavy atom. The molecule has 5 rings (SSSR count). The highest BCUT2D eigenvalue weighted by atomic mass is 32.2. The lowest BCUT2D eigenvalue weighted by molar-refractivity contribution is -0.134. The molecule has 6 nitrogen and oxygen atoms in total. The van der Waals surface area contributed by atoms with Crippen LogP contribution in [0.3, 0.4) is 0 Å². The first-order valence-corrected chi connectivity index (χ1v) is 12.0. The summed E-state index contributed by atoms with van der Waals surface area (Å²) in [4.78, 5) is 43.0. The largest absolute Gasteiger partial charge is 0.325 e. The van der Waals surface area contributed by atoms with Crippen molar-refractivity contribution in [3.05, 3.63) is 95.6 Å². The number of amides is 4. The first-order valence-electron chi connectivity index (χ1n) is 11.0. The van der Waals surface area contributed by atoms with Gasteiger partial charge in [0.2, 0.25) is 5.91 Å². The molecule has 4 amide bonds. The lowest BCUT2D eigenvalue weighted by Crippen LogP contribution is -2.47. The third-order valence-corrected chi connectivity index (χ3v) is 7.46. The van der Waals surface area contributed by atoms with Crippen molar-refractivity contribution in [2.45, 2.75) is 23.4 Å². The Bertz CT molecular complexity index is 1340. The maximum absolute atomic E-state index is 14.5. The number of anilines is 1. The monoisotopic (exact) mass is 493 g/mol. The van der Waals surface area contributed by atoms with E-state index in [0.717, 1.165) is 33.6 Å². The number of imide groups is 1. The van der Waals surface area contributed by atoms with Crippen LogP contribution in [0.2, 0.25) is 0 Å². The maximum Gasteiger partial charge on any atom is 0.325 e. The van der Waals surface area contributed by atoms with E-state index in [1.165, 1.54) is 6.92 Å². The lowest BCUT2D eigenvalue weighted by atomic mass is 9.91. The molecule has 3 aromatic carbocycles. The zero-order chi connectivity index (χ0) is 24.7. The van der Waals surface area contributed by atoms with E-state index >= 15 is 0 Å². The molecule has 0 saturated carbocycles. The van der Waals surface area contributed by atoms with Gasteiger partial charge < -0.3 is 10.2 Å². The normalized spacial score (nSPS) is 21.6. The average molecular weight is 494 g/mol. The van der Waals surface area contributed by atoms with Crippen LogP contribution in [0.1, 0.15) is 24.1 Å². The summed E-state index contributed by atoms with van der Waals surface area (Å²) in [5.74, 6) is -2.26. The number of hydrogen-bond acceptors (Lipinski definition) is 4. The van der Waals surface area contributed by atoms with E-state index in [-0.39, 0.29) is 11.6 Å². The summed E-state index contributed by atoms with van der Waals surface area (Å²) in [6, 6.07) is 18.5. The molecule has 0 spiro atoms. The van der Waals surface area contributed by atoms with E-state index in [1.54, 1.807) is 16.7 Å². The molecule has 2 atom stereocenters. The third-order valence-electron chi connectivity index (χ3n) is 6.32. The summed E-state index contributed by atoms with van der Waals surface area (Å²) in [6.07, 6.45) is 0. The average Bonchev–Trinajstić information content (AvgIpc) is 3.08. The molecule has 1 fully saturated rings. The van der Waals surface area contributed by atoms with E-state index in [9.17, 15) is 23.2 Å². The summed E-state index contributed by atoms with van der Waals surface area (Å²) < 4.78 is 28.3. The molecule has 35 heavy (non-hydrogen) atoms. The quantitative estimate of drug-likeness (QED) is 0.539. The van der Waals surface area contributed by atoms with Gasteiger partial charge in [-0.05, 0) is 42.8 Å². The highest BCUT2D eigenvalue weighted by Gasteiger charge is 2.51. The molecule has 0 bridgehead atoms. The highest BCUT2D eigenvalue weighted by Crippen LogP contribution is 2.43. The van der Waals surface area contributed by atoms with Gasteiger partial charge in [-0.15, -0.1) is 11.8 Å². The van der Waals surface area contributed by atoms with Gasteiger partial charge in [0, 0.05) is 16.2 Å². The molecule has 1 N–H and O–H groups in total. The molecule has 1 saturated heterocycles. The van der Waals surface area contributed by atoms with Crippen LogP contribution in [-0.4, -0.2) is 35.0 Å². The number of halogens is 2. The second-order valence-electron chi connectivity index (χ2n) is 8.54. The van der Waals surface area contributed by atoms with Crippen LogP contribution in [0.15, 0.2) is 77.7 Å². The minimum atomic E-state index is -1.84. The van der Waals surface area contributed by atoms with Gasteiger partial charge in [0.1, 0.15) is 23.7 Å². The number of para-hydroxylation sites is 1. The summed E-state index contributed by atoms with van der Waals surface area (Å²) in [5.41, 5.74) is -0.522. The van der Waals surface area contributed by atoms with E-state index in [4.69, 9.17) is 0 Å². The SMILES string of the molecule is C[C@@]1(c2cc(F)ccc2F)NC(=O)N(CC(=O)N2c3ccccc3SC[C@@H]2c2ccccc2)C1=O. The third kappa shape index (κ3) is 3.95. The Labute approximate surface area is 204 Å². The Morgan fingerprint density at radius 1 is 1.06 bits per heavy atom. The first-order chi connectivity index (χ1) is 16.8. The Morgan fingerprint density at radius 2 is 1.77 bits per heavy atom. The second kappa shape index (κ2) is 8.81. The van der Waals surface area contributed by atoms with Crippen LogP contribution in [0, 0.1) is 11.6 Å². The van der Waals surface area contributed by atoms with Gasteiger partial charge in [-0.25, -0.2) is 13.6 Å². The Balaban J connectivity index is 1.47. The molecule has 9 heteroatoms. The minimum Gasteiger partial charge on any atom is -0.319 e. The fourth-order valence-corrected chi connectivity index (χ4v) is 5.70. The zero-order valence-electron chi connectivity index (χ0n) is 18.7. The molecule has 3 aromatic rings. The van der Waals surface area contributed by atoms with Crippen LogP contribution in [0.25, 0.3) is 0 Å². The summed E-state index contributed by atoms with van der Waals surface area (Å²) in [5, 5.41) is 2.44. The molecule has 0 aromatic heterocycles. The summed E-state index contributed by atoms with van der Waals surface area (Å²) in [6.45, 7) is 0.759. The van der Waals surface area contributed by atoms with Crippen molar-refractivity contribution in [3.63, 3.8) is 0 Å². The van der Waals surface area contributed by atoms with E-state index in [0.29, 0.717) is 11.4 Å². The van der Waals surface area contributed by atoms with Gasteiger partial charge in [0.05, 0.1) is 11.7 Å². The topological polar surface area (TPSA) is 69.7 Å². The fraction of sp³-hybridized carbons (Fsp3) is 0.192. The number of nitrogens with one attached hydrogen (secondary N) is 1. The number of carbonyl (C=O) groups is 3. The molecule has 178 valence electrons. The number of carbonyl (C=O) groups excluding carboxylic acids is 3. The number of fused-ring (bicyclic) bond motifs is 1. The predicted octanol–water partition coefficient (Wildman–Crippen LogP) is 4.61. The highest BCUT2D eigenvalue weighted by molar-refractivity contribution is 7.99. The lowest BCUT2D eigenvalue weighted by Gasteiger charge is -2.37. The van der Waals surface area contributed by atoms with Crippen molar-refractivity contribution in [1.82, 2.24) is 10.2 Å². The Kier molecular flexibility index (Phi) is 5.80. The second-order valence-corrected chi connectivity index (χ2v) is 9.60. The number of thioether (sulfide) groups is 1. The van der Waals surface area contributed by atoms with Gasteiger partial charge in [0.25, 0.3) is 5.91 Å². The molecule has 0 radical (unpaired) electrons. The zero-order valence-corrected chi connectivity index (χ0v) is 19.5. The molecule has 0 unspecified atom stereocenters. The summed E-state index contributed by atoms with van der Waals surface area (Å²) in [7, 11) is 0. The molecule has 2 aliphatic heterocycles. The van der Waals surface area contributed by atoms with Crippen molar-refractivity contribution in [3.8, 4) is 0 Å². The minimum absolute atomic E-state index is 0.298. The van der Waals surface area contributed by atoms with Gasteiger partial charge >= 0.3 is 6.03 Å². The molecule has 2 heterocycles. The van der Waals surface area contributed by atoms with Crippen molar-refractivity contribution in [2.75, 3.05) is 17.2 Å². The van der Waals surface area contributed by atoms with Crippen LogP contribution in [0.4, 0.5) is 19.3 Å². The Hall–Kier alpha value is -3.72. The smallest absolute Gasteiger partial charge is 0.319 e. The number of benzene rings is 3. The predicted molar refractivity (Wildman–Crippen MR) is 128 cm³/mol. The van der Waals surface area contributed by atoms with Crippen molar-refractivity contribution in [1.29, 1.82) is 0 Å². The van der Waals surface area contributed by atoms with Crippen LogP contribution < -0.4 is 10.2 Å². The number of hydrogen-bond donors (Lipinski definition) is 1. The number of nitrogens with zero attached hydrogens (tertiary/aromatic N) is 2. The molecular weight excluding hydrogens is 472 g/mol.